The molecule has 0 atom stereocenters. The Balaban J connectivity index is 2.63. The number of hydrogen-bond donors (Lipinski definition) is 1. The third-order valence-electron chi connectivity index (χ3n) is 2.04. The summed E-state index contributed by atoms with van der Waals surface area (Å²) >= 11 is 1.74. The van der Waals surface area contributed by atoms with E-state index in [9.17, 15) is 0 Å². The van der Waals surface area contributed by atoms with Crippen LogP contribution in [0.3, 0.4) is 0 Å². The van der Waals surface area contributed by atoms with Crippen LogP contribution in [-0.2, 0) is 6.54 Å². The van der Waals surface area contributed by atoms with Crippen molar-refractivity contribution in [1.29, 1.82) is 0 Å². The Hall–Kier alpha value is -0.610. The van der Waals surface area contributed by atoms with E-state index in [2.05, 4.69) is 34.4 Å². The van der Waals surface area contributed by atoms with Crippen molar-refractivity contribution in [2.45, 2.75) is 26.8 Å². The average molecular weight is 213 g/mol. The Bertz CT molecular complexity index is 260. The van der Waals surface area contributed by atoms with Crippen molar-refractivity contribution in [3.8, 4) is 0 Å². The fourth-order valence-electron chi connectivity index (χ4n) is 1.36. The Morgan fingerprint density at radius 1 is 1.50 bits per heavy atom. The van der Waals surface area contributed by atoms with Crippen LogP contribution in [-0.4, -0.2) is 25.1 Å². The second-order valence-corrected chi connectivity index (χ2v) is 4.07. The van der Waals surface area contributed by atoms with E-state index in [-0.39, 0.29) is 0 Å². The molecule has 0 amide bonds. The van der Waals surface area contributed by atoms with Gasteiger partial charge in [0.25, 0.3) is 0 Å². The highest BCUT2D eigenvalue weighted by molar-refractivity contribution is 7.13. The number of anilines is 1. The molecular formula is C10H19N3S. The molecule has 1 N–H and O–H groups in total. The minimum absolute atomic E-state index is 0.861. The highest BCUT2D eigenvalue weighted by Gasteiger charge is 2.07. The predicted molar refractivity (Wildman–Crippen MR) is 63.1 cm³/mol. The van der Waals surface area contributed by atoms with Crippen LogP contribution in [0, 0.1) is 0 Å². The van der Waals surface area contributed by atoms with Gasteiger partial charge in [-0.15, -0.1) is 11.3 Å². The summed E-state index contributed by atoms with van der Waals surface area (Å²) in [6, 6.07) is 0. The van der Waals surface area contributed by atoms with Crippen LogP contribution in [0.15, 0.2) is 5.38 Å². The van der Waals surface area contributed by atoms with E-state index < -0.39 is 0 Å². The summed E-state index contributed by atoms with van der Waals surface area (Å²) in [6.45, 7) is 7.38. The quantitative estimate of drug-likeness (QED) is 0.784. The lowest BCUT2D eigenvalue weighted by Gasteiger charge is -2.18. The zero-order valence-corrected chi connectivity index (χ0v) is 10.0. The summed E-state index contributed by atoms with van der Waals surface area (Å²) in [4.78, 5) is 6.89. The molecule has 1 heterocycles. The SMILES string of the molecule is CCCN(CC)c1nc(CNC)cs1. The molecule has 0 unspecified atom stereocenters. The van der Waals surface area contributed by atoms with Crippen LogP contribution in [0.2, 0.25) is 0 Å². The molecular weight excluding hydrogens is 194 g/mol. The summed E-state index contributed by atoms with van der Waals surface area (Å²) in [7, 11) is 1.95. The van der Waals surface area contributed by atoms with Gasteiger partial charge < -0.3 is 10.2 Å². The molecule has 3 nitrogen and oxygen atoms in total. The Morgan fingerprint density at radius 2 is 2.29 bits per heavy atom. The zero-order valence-electron chi connectivity index (χ0n) is 9.21. The van der Waals surface area contributed by atoms with E-state index in [0.717, 1.165) is 30.5 Å². The van der Waals surface area contributed by atoms with Gasteiger partial charge in [0.2, 0.25) is 0 Å². The van der Waals surface area contributed by atoms with Gasteiger partial charge >= 0.3 is 0 Å². The third-order valence-corrected chi connectivity index (χ3v) is 2.99. The van der Waals surface area contributed by atoms with Gasteiger partial charge in [0.15, 0.2) is 5.13 Å². The monoisotopic (exact) mass is 213 g/mol. The van der Waals surface area contributed by atoms with Gasteiger partial charge in [0.1, 0.15) is 0 Å². The van der Waals surface area contributed by atoms with Crippen molar-refractivity contribution in [2.24, 2.45) is 0 Å². The summed E-state index contributed by atoms with van der Waals surface area (Å²) in [5.74, 6) is 0. The lowest BCUT2D eigenvalue weighted by molar-refractivity contribution is 0.769. The fraction of sp³-hybridized carbons (Fsp3) is 0.700. The molecule has 1 aromatic heterocycles. The Kier molecular flexibility index (Phi) is 4.90. The Morgan fingerprint density at radius 3 is 2.86 bits per heavy atom. The van der Waals surface area contributed by atoms with Crippen LogP contribution in [0.25, 0.3) is 0 Å². The van der Waals surface area contributed by atoms with E-state index in [4.69, 9.17) is 0 Å². The standard InChI is InChI=1S/C10H19N3S/c1-4-6-13(5-2)10-12-9(7-11-3)8-14-10/h8,11H,4-7H2,1-3H3. The molecule has 0 aliphatic heterocycles. The first-order chi connectivity index (χ1) is 6.81. The van der Waals surface area contributed by atoms with E-state index in [1.165, 1.54) is 6.42 Å². The molecule has 4 heteroatoms. The molecule has 80 valence electrons. The van der Waals surface area contributed by atoms with E-state index in [1.54, 1.807) is 11.3 Å². The first-order valence-electron chi connectivity index (χ1n) is 5.15. The summed E-state index contributed by atoms with van der Waals surface area (Å²) in [6.07, 6.45) is 1.18. The van der Waals surface area contributed by atoms with Crippen LogP contribution in [0.1, 0.15) is 26.0 Å². The maximum absolute atomic E-state index is 4.57. The molecule has 0 spiro atoms. The number of nitrogens with zero attached hydrogens (tertiary/aromatic N) is 2. The van der Waals surface area contributed by atoms with Crippen molar-refractivity contribution in [3.63, 3.8) is 0 Å². The highest BCUT2D eigenvalue weighted by Crippen LogP contribution is 2.20. The van der Waals surface area contributed by atoms with Crippen molar-refractivity contribution in [3.05, 3.63) is 11.1 Å². The molecule has 0 saturated heterocycles. The van der Waals surface area contributed by atoms with E-state index in [0.29, 0.717) is 0 Å². The lowest BCUT2D eigenvalue weighted by atomic mass is 10.4. The summed E-state index contributed by atoms with van der Waals surface area (Å²) < 4.78 is 0. The van der Waals surface area contributed by atoms with Gasteiger partial charge in [0, 0.05) is 25.0 Å². The number of thiazole rings is 1. The number of rotatable bonds is 6. The van der Waals surface area contributed by atoms with Crippen molar-refractivity contribution in [2.75, 3.05) is 25.0 Å². The number of hydrogen-bond acceptors (Lipinski definition) is 4. The average Bonchev–Trinajstić information content (AvgIpc) is 2.63. The minimum atomic E-state index is 0.861. The molecule has 1 aromatic rings. The normalized spacial score (nSPS) is 10.5. The number of nitrogens with one attached hydrogen (secondary N) is 1. The minimum Gasteiger partial charge on any atom is -0.348 e. The van der Waals surface area contributed by atoms with Gasteiger partial charge in [-0.2, -0.15) is 0 Å². The molecule has 0 bridgehead atoms. The Labute approximate surface area is 90.2 Å². The molecule has 0 saturated carbocycles. The molecule has 0 radical (unpaired) electrons. The van der Waals surface area contributed by atoms with Crippen LogP contribution in [0.4, 0.5) is 5.13 Å². The molecule has 1 rings (SSSR count). The fourth-order valence-corrected chi connectivity index (χ4v) is 2.28. The maximum atomic E-state index is 4.57. The first-order valence-corrected chi connectivity index (χ1v) is 6.03. The third kappa shape index (κ3) is 2.96. The first kappa shape index (κ1) is 11.5. The van der Waals surface area contributed by atoms with Crippen LogP contribution in [0.5, 0.6) is 0 Å². The molecule has 0 fully saturated rings. The van der Waals surface area contributed by atoms with Gasteiger partial charge in [-0.1, -0.05) is 6.92 Å². The smallest absolute Gasteiger partial charge is 0.185 e. The van der Waals surface area contributed by atoms with Crippen LogP contribution < -0.4 is 10.2 Å². The van der Waals surface area contributed by atoms with E-state index in [1.807, 2.05) is 7.05 Å². The second kappa shape index (κ2) is 5.98. The maximum Gasteiger partial charge on any atom is 0.185 e. The largest absolute Gasteiger partial charge is 0.348 e. The molecule has 0 aliphatic carbocycles. The van der Waals surface area contributed by atoms with E-state index >= 15 is 0 Å². The number of aromatic nitrogens is 1. The van der Waals surface area contributed by atoms with Crippen molar-refractivity contribution < 1.29 is 0 Å². The van der Waals surface area contributed by atoms with Crippen LogP contribution >= 0.6 is 11.3 Å². The topological polar surface area (TPSA) is 28.2 Å². The summed E-state index contributed by atoms with van der Waals surface area (Å²) in [5, 5.41) is 6.39. The molecule has 0 aliphatic rings. The van der Waals surface area contributed by atoms with Gasteiger partial charge in [0.05, 0.1) is 5.69 Å². The predicted octanol–water partition coefficient (Wildman–Crippen LogP) is 2.10. The zero-order chi connectivity index (χ0) is 10.4. The van der Waals surface area contributed by atoms with Crippen molar-refractivity contribution in [1.82, 2.24) is 10.3 Å². The van der Waals surface area contributed by atoms with Gasteiger partial charge in [-0.25, -0.2) is 4.98 Å². The highest BCUT2D eigenvalue weighted by atomic mass is 32.1. The van der Waals surface area contributed by atoms with Crippen molar-refractivity contribution >= 4 is 16.5 Å². The lowest BCUT2D eigenvalue weighted by Crippen LogP contribution is -2.23. The molecule has 0 aromatic carbocycles. The van der Waals surface area contributed by atoms with Gasteiger partial charge in [-0.3, -0.25) is 0 Å². The summed E-state index contributed by atoms with van der Waals surface area (Å²) in [5.41, 5.74) is 1.14. The second-order valence-electron chi connectivity index (χ2n) is 3.23. The van der Waals surface area contributed by atoms with Gasteiger partial charge in [-0.05, 0) is 20.4 Å². The molecule has 14 heavy (non-hydrogen) atoms.